The van der Waals surface area contributed by atoms with Crippen LogP contribution in [0.15, 0.2) is 23.2 Å². The van der Waals surface area contributed by atoms with E-state index in [1.165, 1.54) is 0 Å². The molecule has 8 heteroatoms. The Labute approximate surface area is 199 Å². The molecule has 1 aromatic carbocycles. The summed E-state index contributed by atoms with van der Waals surface area (Å²) in [6.07, 6.45) is 1.04. The van der Waals surface area contributed by atoms with Crippen LogP contribution < -0.4 is 20.1 Å². The van der Waals surface area contributed by atoms with Crippen LogP contribution >= 0.6 is 24.0 Å². The average molecular weight is 534 g/mol. The van der Waals surface area contributed by atoms with E-state index in [4.69, 9.17) is 19.2 Å². The maximum absolute atomic E-state index is 5.76. The molecule has 1 fully saturated rings. The molecule has 0 bridgehead atoms. The second-order valence-corrected chi connectivity index (χ2v) is 7.01. The highest BCUT2D eigenvalue weighted by molar-refractivity contribution is 14.0. The van der Waals surface area contributed by atoms with E-state index in [-0.39, 0.29) is 30.0 Å². The topological polar surface area (TPSA) is 67.4 Å². The molecule has 172 valence electrons. The average Bonchev–Trinajstić information content (AvgIpc) is 2.73. The van der Waals surface area contributed by atoms with Gasteiger partial charge in [0.1, 0.15) is 0 Å². The van der Waals surface area contributed by atoms with Crippen LogP contribution in [0.3, 0.4) is 0 Å². The van der Waals surface area contributed by atoms with E-state index in [1.54, 1.807) is 0 Å². The van der Waals surface area contributed by atoms with Crippen LogP contribution in [0.4, 0.5) is 0 Å². The van der Waals surface area contributed by atoms with Crippen LogP contribution in [-0.4, -0.2) is 70.0 Å². The third-order valence-electron chi connectivity index (χ3n) is 4.77. The van der Waals surface area contributed by atoms with Gasteiger partial charge in [-0.1, -0.05) is 6.07 Å². The Kier molecular flexibility index (Phi) is 13.9. The van der Waals surface area contributed by atoms with Crippen LogP contribution in [0.2, 0.25) is 0 Å². The molecule has 1 aromatic rings. The highest BCUT2D eigenvalue weighted by atomic mass is 127. The predicted octanol–water partition coefficient (Wildman–Crippen LogP) is 3.44. The number of hydrogen-bond acceptors (Lipinski definition) is 5. The van der Waals surface area contributed by atoms with Crippen molar-refractivity contribution < 1.29 is 14.2 Å². The van der Waals surface area contributed by atoms with Gasteiger partial charge < -0.3 is 24.8 Å². The third kappa shape index (κ3) is 9.26. The van der Waals surface area contributed by atoms with Crippen molar-refractivity contribution in [2.24, 2.45) is 4.99 Å². The zero-order valence-electron chi connectivity index (χ0n) is 18.9. The van der Waals surface area contributed by atoms with Crippen LogP contribution in [0.1, 0.15) is 45.7 Å². The summed E-state index contributed by atoms with van der Waals surface area (Å²) in [5, 5.41) is 6.84. The zero-order valence-corrected chi connectivity index (χ0v) is 21.2. The summed E-state index contributed by atoms with van der Waals surface area (Å²) in [7, 11) is 0. The molecule has 2 N–H and O–H groups in total. The molecular formula is C22H39IN4O3. The number of halogens is 1. The van der Waals surface area contributed by atoms with Crippen LogP contribution in [0, 0.1) is 0 Å². The molecule has 1 atom stereocenters. The fourth-order valence-electron chi connectivity index (χ4n) is 3.26. The van der Waals surface area contributed by atoms with Crippen LogP contribution in [-0.2, 0) is 4.74 Å². The SMILES string of the molecule is CCNC(=NCCCN1CCOCC1)NC(C)c1ccc(OCC)c(OCC)c1.I. The van der Waals surface area contributed by atoms with E-state index < -0.39 is 0 Å². The van der Waals surface area contributed by atoms with Crippen molar-refractivity contribution in [2.75, 3.05) is 59.2 Å². The molecule has 1 unspecified atom stereocenters. The van der Waals surface area contributed by atoms with Crippen molar-refractivity contribution >= 4 is 29.9 Å². The number of nitrogens with zero attached hydrogens (tertiary/aromatic N) is 2. The highest BCUT2D eigenvalue weighted by Gasteiger charge is 2.13. The van der Waals surface area contributed by atoms with Gasteiger partial charge in [0, 0.05) is 32.7 Å². The van der Waals surface area contributed by atoms with Crippen molar-refractivity contribution in [1.82, 2.24) is 15.5 Å². The summed E-state index contributed by atoms with van der Waals surface area (Å²) < 4.78 is 16.8. The van der Waals surface area contributed by atoms with Gasteiger partial charge in [-0.25, -0.2) is 0 Å². The minimum Gasteiger partial charge on any atom is -0.490 e. The van der Waals surface area contributed by atoms with Gasteiger partial charge in [0.2, 0.25) is 0 Å². The summed E-state index contributed by atoms with van der Waals surface area (Å²) >= 11 is 0. The summed E-state index contributed by atoms with van der Waals surface area (Å²) in [5.41, 5.74) is 1.14. The van der Waals surface area contributed by atoms with Crippen molar-refractivity contribution in [3.8, 4) is 11.5 Å². The van der Waals surface area contributed by atoms with Crippen LogP contribution in [0.5, 0.6) is 11.5 Å². The fraction of sp³-hybridized carbons (Fsp3) is 0.682. The lowest BCUT2D eigenvalue weighted by Crippen LogP contribution is -2.39. The van der Waals surface area contributed by atoms with E-state index in [0.717, 1.165) is 75.4 Å². The van der Waals surface area contributed by atoms with Gasteiger partial charge in [-0.15, -0.1) is 24.0 Å². The number of aliphatic imine (C=N–C) groups is 1. The van der Waals surface area contributed by atoms with E-state index in [9.17, 15) is 0 Å². The molecule has 1 aliphatic heterocycles. The Morgan fingerprint density at radius 1 is 1.13 bits per heavy atom. The first-order chi connectivity index (χ1) is 14.2. The van der Waals surface area contributed by atoms with Gasteiger partial charge in [-0.2, -0.15) is 0 Å². The monoisotopic (exact) mass is 534 g/mol. The molecule has 7 nitrogen and oxygen atoms in total. The minimum atomic E-state index is 0. The van der Waals surface area contributed by atoms with Gasteiger partial charge in [0.25, 0.3) is 0 Å². The maximum Gasteiger partial charge on any atom is 0.191 e. The predicted molar refractivity (Wildman–Crippen MR) is 134 cm³/mol. The Balaban J connectivity index is 0.00000450. The number of rotatable bonds is 11. The molecule has 2 rings (SSSR count). The minimum absolute atomic E-state index is 0. The summed E-state index contributed by atoms with van der Waals surface area (Å²) in [5.74, 6) is 2.41. The van der Waals surface area contributed by atoms with Crippen molar-refractivity contribution in [3.63, 3.8) is 0 Å². The standard InChI is InChI=1S/C22H38N4O3.HI/c1-5-23-22(24-11-8-12-26-13-15-27-16-14-26)25-18(4)19-9-10-20(28-6-2)21(17-19)29-7-3;/h9-10,17-18H,5-8,11-16H2,1-4H3,(H2,23,24,25);1H. The molecule has 1 aliphatic rings. The molecule has 0 radical (unpaired) electrons. The Hall–Kier alpha value is -1.26. The van der Waals surface area contributed by atoms with Crippen molar-refractivity contribution in [1.29, 1.82) is 0 Å². The molecule has 0 spiro atoms. The van der Waals surface area contributed by atoms with Crippen molar-refractivity contribution in [3.05, 3.63) is 23.8 Å². The van der Waals surface area contributed by atoms with E-state index in [1.807, 2.05) is 26.0 Å². The fourth-order valence-corrected chi connectivity index (χ4v) is 3.26. The molecule has 1 heterocycles. The second-order valence-electron chi connectivity index (χ2n) is 7.01. The summed E-state index contributed by atoms with van der Waals surface area (Å²) in [6, 6.07) is 6.21. The number of nitrogens with one attached hydrogen (secondary N) is 2. The molecule has 0 aromatic heterocycles. The van der Waals surface area contributed by atoms with Gasteiger partial charge in [0.05, 0.1) is 32.5 Å². The highest BCUT2D eigenvalue weighted by Crippen LogP contribution is 2.30. The lowest BCUT2D eigenvalue weighted by atomic mass is 10.1. The quantitative estimate of drug-likeness (QED) is 0.196. The number of morpholine rings is 1. The van der Waals surface area contributed by atoms with Crippen LogP contribution in [0.25, 0.3) is 0 Å². The van der Waals surface area contributed by atoms with E-state index >= 15 is 0 Å². The van der Waals surface area contributed by atoms with Gasteiger partial charge in [-0.05, 0) is 51.8 Å². The zero-order chi connectivity index (χ0) is 20.9. The Morgan fingerprint density at radius 3 is 2.50 bits per heavy atom. The smallest absolute Gasteiger partial charge is 0.191 e. The molecule has 0 saturated carbocycles. The number of benzene rings is 1. The van der Waals surface area contributed by atoms with Gasteiger partial charge >= 0.3 is 0 Å². The largest absolute Gasteiger partial charge is 0.490 e. The number of hydrogen-bond donors (Lipinski definition) is 2. The number of guanidine groups is 1. The lowest BCUT2D eigenvalue weighted by molar-refractivity contribution is 0.0377. The Bertz CT molecular complexity index is 624. The first-order valence-electron chi connectivity index (χ1n) is 10.9. The Morgan fingerprint density at radius 2 is 1.83 bits per heavy atom. The normalized spacial score (nSPS) is 15.8. The third-order valence-corrected chi connectivity index (χ3v) is 4.77. The molecule has 0 aliphatic carbocycles. The molecule has 1 saturated heterocycles. The van der Waals surface area contributed by atoms with Gasteiger partial charge in [-0.3, -0.25) is 9.89 Å². The number of ether oxygens (including phenoxy) is 3. The molecule has 0 amide bonds. The maximum atomic E-state index is 5.76. The van der Waals surface area contributed by atoms with E-state index in [2.05, 4.69) is 35.4 Å². The lowest BCUT2D eigenvalue weighted by Gasteiger charge is -2.26. The summed E-state index contributed by atoms with van der Waals surface area (Å²) in [6.45, 7) is 15.8. The molecular weight excluding hydrogens is 495 g/mol. The summed E-state index contributed by atoms with van der Waals surface area (Å²) in [4.78, 5) is 7.19. The second kappa shape index (κ2) is 15.5. The van der Waals surface area contributed by atoms with Crippen molar-refractivity contribution in [2.45, 2.75) is 40.2 Å². The first-order valence-corrected chi connectivity index (χ1v) is 10.9. The van der Waals surface area contributed by atoms with Gasteiger partial charge in [0.15, 0.2) is 17.5 Å². The first kappa shape index (κ1) is 26.8. The molecule has 30 heavy (non-hydrogen) atoms. The van der Waals surface area contributed by atoms with E-state index in [0.29, 0.717) is 13.2 Å².